The first-order valence-electron chi connectivity index (χ1n) is 13.1. The summed E-state index contributed by atoms with van der Waals surface area (Å²) in [6.07, 6.45) is 11.7. The quantitative estimate of drug-likeness (QED) is 0.110. The second-order valence-electron chi connectivity index (χ2n) is 10.9. The van der Waals surface area contributed by atoms with Crippen LogP contribution in [0.4, 0.5) is 0 Å². The summed E-state index contributed by atoms with van der Waals surface area (Å²) in [5, 5.41) is 47.7. The molecule has 34 heavy (non-hydrogen) atoms. The van der Waals surface area contributed by atoms with E-state index in [0.717, 1.165) is 31.1 Å². The van der Waals surface area contributed by atoms with Crippen molar-refractivity contribution < 1.29 is 35.0 Å². The van der Waals surface area contributed by atoms with E-state index in [9.17, 15) is 25.5 Å². The van der Waals surface area contributed by atoms with Crippen molar-refractivity contribution in [2.45, 2.75) is 79.1 Å². The van der Waals surface area contributed by atoms with Gasteiger partial charge in [-0.2, -0.15) is 0 Å². The Balaban J connectivity index is 4.14. The highest BCUT2D eigenvalue weighted by molar-refractivity contribution is 4.97. The molecule has 0 rings (SSSR count). The van der Waals surface area contributed by atoms with Gasteiger partial charge in [-0.25, -0.2) is 0 Å². The van der Waals surface area contributed by atoms with E-state index in [1.807, 2.05) is 0 Å². The molecule has 5 N–H and O–H groups in total. The minimum Gasteiger partial charge on any atom is -0.396 e. The maximum atomic E-state index is 9.77. The standard InChI is InChI=1S/C27H54O7/c1-23(2)9-7-11-25(4)13-8-12-24(3)10-5-6-14-33-21-27(18-31,19-32)22-34-20-26(15-28,16-29)17-30/h10,23,25,28-32H,5-9,11-22H2,1-4H3. The predicted octanol–water partition coefficient (Wildman–Crippen LogP) is 3.31. The molecule has 0 aromatic rings. The number of hydrogen-bond donors (Lipinski definition) is 5. The second kappa shape index (κ2) is 19.6. The summed E-state index contributed by atoms with van der Waals surface area (Å²) in [6, 6.07) is 0. The Kier molecular flexibility index (Phi) is 19.3. The molecule has 0 aliphatic carbocycles. The zero-order valence-corrected chi connectivity index (χ0v) is 22.3. The molecule has 0 bridgehead atoms. The predicted molar refractivity (Wildman–Crippen MR) is 137 cm³/mol. The molecule has 0 aliphatic heterocycles. The first-order chi connectivity index (χ1) is 16.2. The zero-order chi connectivity index (χ0) is 25.9. The van der Waals surface area contributed by atoms with Crippen molar-refractivity contribution in [2.75, 3.05) is 59.5 Å². The van der Waals surface area contributed by atoms with Crippen LogP contribution in [0, 0.1) is 22.7 Å². The first-order valence-corrected chi connectivity index (χ1v) is 13.1. The van der Waals surface area contributed by atoms with Gasteiger partial charge in [0.15, 0.2) is 0 Å². The molecule has 0 fully saturated rings. The molecule has 1 atom stereocenters. The fraction of sp³-hybridized carbons (Fsp3) is 0.926. The largest absolute Gasteiger partial charge is 0.396 e. The van der Waals surface area contributed by atoms with E-state index < -0.39 is 30.7 Å². The van der Waals surface area contributed by atoms with Crippen LogP contribution in [0.15, 0.2) is 11.6 Å². The van der Waals surface area contributed by atoms with Crippen LogP contribution in [0.3, 0.4) is 0 Å². The highest BCUT2D eigenvalue weighted by Crippen LogP contribution is 2.22. The van der Waals surface area contributed by atoms with E-state index in [-0.39, 0.29) is 33.0 Å². The van der Waals surface area contributed by atoms with Crippen molar-refractivity contribution in [3.05, 3.63) is 11.6 Å². The number of rotatable bonds is 23. The highest BCUT2D eigenvalue weighted by Gasteiger charge is 2.33. The molecule has 0 amide bonds. The third-order valence-electron chi connectivity index (χ3n) is 6.63. The molecular formula is C27H54O7. The number of allylic oxidation sites excluding steroid dienone is 2. The van der Waals surface area contributed by atoms with Gasteiger partial charge in [0.05, 0.1) is 63.7 Å². The molecule has 0 aromatic heterocycles. The average molecular weight is 491 g/mol. The van der Waals surface area contributed by atoms with Crippen LogP contribution in [-0.4, -0.2) is 85.0 Å². The van der Waals surface area contributed by atoms with E-state index in [1.165, 1.54) is 37.7 Å². The summed E-state index contributed by atoms with van der Waals surface area (Å²) in [6.45, 7) is 7.80. The molecule has 1 unspecified atom stereocenters. The van der Waals surface area contributed by atoms with Gasteiger partial charge in [0.1, 0.15) is 0 Å². The molecule has 0 saturated heterocycles. The molecular weight excluding hydrogens is 436 g/mol. The number of aliphatic hydroxyl groups is 5. The molecule has 0 heterocycles. The van der Waals surface area contributed by atoms with Crippen LogP contribution in [0.5, 0.6) is 0 Å². The Morgan fingerprint density at radius 1 is 0.706 bits per heavy atom. The van der Waals surface area contributed by atoms with Crippen molar-refractivity contribution in [3.8, 4) is 0 Å². The maximum absolute atomic E-state index is 9.77. The van der Waals surface area contributed by atoms with Crippen molar-refractivity contribution in [1.29, 1.82) is 0 Å². The number of hydrogen-bond acceptors (Lipinski definition) is 7. The van der Waals surface area contributed by atoms with E-state index in [2.05, 4.69) is 33.8 Å². The lowest BCUT2D eigenvalue weighted by atomic mass is 9.90. The molecule has 0 radical (unpaired) electrons. The van der Waals surface area contributed by atoms with Crippen molar-refractivity contribution >= 4 is 0 Å². The van der Waals surface area contributed by atoms with Crippen molar-refractivity contribution in [1.82, 2.24) is 0 Å². The van der Waals surface area contributed by atoms with Crippen molar-refractivity contribution in [3.63, 3.8) is 0 Å². The molecule has 0 aliphatic rings. The number of unbranched alkanes of at least 4 members (excludes halogenated alkanes) is 1. The van der Waals surface area contributed by atoms with Crippen LogP contribution in [0.25, 0.3) is 0 Å². The highest BCUT2D eigenvalue weighted by atomic mass is 16.5. The van der Waals surface area contributed by atoms with Gasteiger partial charge in [0, 0.05) is 6.61 Å². The summed E-state index contributed by atoms with van der Waals surface area (Å²) in [5.74, 6) is 1.60. The second-order valence-corrected chi connectivity index (χ2v) is 10.9. The summed E-state index contributed by atoms with van der Waals surface area (Å²) < 4.78 is 11.2. The van der Waals surface area contributed by atoms with Gasteiger partial charge < -0.3 is 35.0 Å². The normalized spacial score (nSPS) is 14.2. The van der Waals surface area contributed by atoms with Gasteiger partial charge in [-0.1, -0.05) is 58.1 Å². The third-order valence-corrected chi connectivity index (χ3v) is 6.63. The lowest BCUT2D eigenvalue weighted by Crippen LogP contribution is -2.43. The fourth-order valence-corrected chi connectivity index (χ4v) is 3.72. The smallest absolute Gasteiger partial charge is 0.0632 e. The van der Waals surface area contributed by atoms with E-state index >= 15 is 0 Å². The fourth-order valence-electron chi connectivity index (χ4n) is 3.72. The Morgan fingerprint density at radius 2 is 1.24 bits per heavy atom. The molecule has 0 saturated carbocycles. The topological polar surface area (TPSA) is 120 Å². The zero-order valence-electron chi connectivity index (χ0n) is 22.3. The Labute approximate surface area is 208 Å². The minimum absolute atomic E-state index is 0.00332. The Morgan fingerprint density at radius 3 is 1.79 bits per heavy atom. The van der Waals surface area contributed by atoms with Gasteiger partial charge >= 0.3 is 0 Å². The Bertz CT molecular complexity index is 491. The lowest BCUT2D eigenvalue weighted by molar-refractivity contribution is -0.111. The van der Waals surface area contributed by atoms with Gasteiger partial charge in [0.2, 0.25) is 0 Å². The van der Waals surface area contributed by atoms with E-state index in [4.69, 9.17) is 9.47 Å². The molecule has 204 valence electrons. The monoisotopic (exact) mass is 490 g/mol. The molecule has 7 heteroatoms. The maximum Gasteiger partial charge on any atom is 0.0632 e. The van der Waals surface area contributed by atoms with Gasteiger partial charge in [-0.15, -0.1) is 0 Å². The third kappa shape index (κ3) is 14.8. The lowest BCUT2D eigenvalue weighted by Gasteiger charge is -2.32. The van der Waals surface area contributed by atoms with E-state index in [0.29, 0.717) is 6.61 Å². The summed E-state index contributed by atoms with van der Waals surface area (Å²) in [7, 11) is 0. The molecule has 7 nitrogen and oxygen atoms in total. The van der Waals surface area contributed by atoms with Crippen LogP contribution in [0.1, 0.15) is 79.1 Å². The van der Waals surface area contributed by atoms with Crippen molar-refractivity contribution in [2.24, 2.45) is 22.7 Å². The summed E-state index contributed by atoms with van der Waals surface area (Å²) >= 11 is 0. The van der Waals surface area contributed by atoms with Gasteiger partial charge in [0.25, 0.3) is 0 Å². The average Bonchev–Trinajstić information content (AvgIpc) is 2.83. The first kappa shape index (κ1) is 33.5. The molecule has 0 spiro atoms. The SMILES string of the molecule is CC(=CCCCOCC(CO)(CO)COCC(CO)(CO)CO)CCCC(C)CCCC(C)C. The summed E-state index contributed by atoms with van der Waals surface area (Å²) in [4.78, 5) is 0. The van der Waals surface area contributed by atoms with Gasteiger partial charge in [-0.05, 0) is 44.4 Å². The summed E-state index contributed by atoms with van der Waals surface area (Å²) in [5.41, 5.74) is -0.694. The number of aliphatic hydroxyl groups excluding tert-OH is 5. The van der Waals surface area contributed by atoms with Crippen LogP contribution < -0.4 is 0 Å². The van der Waals surface area contributed by atoms with E-state index in [1.54, 1.807) is 0 Å². The number of ether oxygens (including phenoxy) is 2. The van der Waals surface area contributed by atoms with Crippen LogP contribution >= 0.6 is 0 Å². The van der Waals surface area contributed by atoms with Gasteiger partial charge in [-0.3, -0.25) is 0 Å². The van der Waals surface area contributed by atoms with Crippen LogP contribution in [0.2, 0.25) is 0 Å². The molecule has 0 aromatic carbocycles. The Hall–Kier alpha value is -0.540. The van der Waals surface area contributed by atoms with Crippen LogP contribution in [-0.2, 0) is 9.47 Å². The minimum atomic E-state index is -1.15.